The third-order valence-electron chi connectivity index (χ3n) is 3.73. The van der Waals surface area contributed by atoms with E-state index in [1.165, 1.54) is 17.7 Å². The second-order valence-electron chi connectivity index (χ2n) is 5.89. The number of aliphatic imine (C=N–C) groups is 1. The molecule has 1 unspecified atom stereocenters. The molecule has 0 saturated heterocycles. The molecule has 0 aliphatic heterocycles. The number of aliphatic hydroxyl groups is 1. The molecule has 0 heterocycles. The lowest BCUT2D eigenvalue weighted by Crippen LogP contribution is -2.27. The molecular formula is C19H22F3N3O2. The predicted octanol–water partition coefficient (Wildman–Crippen LogP) is 3.43. The molecule has 8 heteroatoms. The number of ether oxygens (including phenoxy) is 1. The van der Waals surface area contributed by atoms with Crippen LogP contribution in [0.15, 0.2) is 53.5 Å². The van der Waals surface area contributed by atoms with Crippen LogP contribution in [0.1, 0.15) is 18.1 Å². The molecular weight excluding hydrogens is 359 g/mol. The minimum Gasteiger partial charge on any atom is -0.491 e. The van der Waals surface area contributed by atoms with Crippen LogP contribution in [0.5, 0.6) is 5.75 Å². The SMILES string of the molecule is CCc1ccc(NC(N)=NCC(O)COc2ccc(C(F)(F)F)cc2)cc1. The number of hydrogen-bond donors (Lipinski definition) is 3. The number of rotatable bonds is 7. The Morgan fingerprint density at radius 3 is 2.33 bits per heavy atom. The van der Waals surface area contributed by atoms with Crippen LogP contribution in [-0.2, 0) is 12.6 Å². The lowest BCUT2D eigenvalue weighted by Gasteiger charge is -2.12. The number of nitrogens with one attached hydrogen (secondary N) is 1. The lowest BCUT2D eigenvalue weighted by molar-refractivity contribution is -0.137. The first-order chi connectivity index (χ1) is 12.8. The zero-order valence-corrected chi connectivity index (χ0v) is 14.8. The van der Waals surface area contributed by atoms with Crippen molar-refractivity contribution in [1.29, 1.82) is 0 Å². The van der Waals surface area contributed by atoms with Gasteiger partial charge in [0.25, 0.3) is 0 Å². The summed E-state index contributed by atoms with van der Waals surface area (Å²) in [4.78, 5) is 4.03. The van der Waals surface area contributed by atoms with Crippen LogP contribution in [0.2, 0.25) is 0 Å². The first-order valence-electron chi connectivity index (χ1n) is 8.42. The van der Waals surface area contributed by atoms with Gasteiger partial charge in [0.05, 0.1) is 12.1 Å². The van der Waals surface area contributed by atoms with Crippen molar-refractivity contribution in [2.24, 2.45) is 10.7 Å². The molecule has 0 spiro atoms. The Balaban J connectivity index is 1.78. The Morgan fingerprint density at radius 1 is 1.15 bits per heavy atom. The Morgan fingerprint density at radius 2 is 1.78 bits per heavy atom. The standard InChI is InChI=1S/C19H22F3N3O2/c1-2-13-3-7-15(8-4-13)25-18(23)24-11-16(26)12-27-17-9-5-14(6-10-17)19(20,21)22/h3-10,16,26H,2,11-12H2,1H3,(H3,23,24,25). The Kier molecular flexibility index (Phi) is 7.06. The summed E-state index contributed by atoms with van der Waals surface area (Å²) in [6, 6.07) is 12.0. The highest BCUT2D eigenvalue weighted by atomic mass is 19.4. The van der Waals surface area contributed by atoms with Crippen molar-refractivity contribution in [2.45, 2.75) is 25.6 Å². The number of nitrogens with zero attached hydrogens (tertiary/aromatic N) is 1. The van der Waals surface area contributed by atoms with E-state index in [-0.39, 0.29) is 24.9 Å². The number of guanidine groups is 1. The van der Waals surface area contributed by atoms with E-state index < -0.39 is 17.8 Å². The zero-order valence-electron chi connectivity index (χ0n) is 14.8. The van der Waals surface area contributed by atoms with Gasteiger partial charge in [-0.2, -0.15) is 13.2 Å². The van der Waals surface area contributed by atoms with Crippen LogP contribution in [0.25, 0.3) is 0 Å². The highest BCUT2D eigenvalue weighted by molar-refractivity contribution is 5.92. The monoisotopic (exact) mass is 381 g/mol. The first-order valence-corrected chi connectivity index (χ1v) is 8.42. The highest BCUT2D eigenvalue weighted by Crippen LogP contribution is 2.30. The fourth-order valence-corrected chi connectivity index (χ4v) is 2.20. The maximum absolute atomic E-state index is 12.5. The zero-order chi connectivity index (χ0) is 19.9. The maximum atomic E-state index is 12.5. The van der Waals surface area contributed by atoms with Gasteiger partial charge >= 0.3 is 6.18 Å². The molecule has 2 rings (SSSR count). The number of nitrogens with two attached hydrogens (primary N) is 1. The Hall–Kier alpha value is -2.74. The second-order valence-corrected chi connectivity index (χ2v) is 5.89. The molecule has 0 amide bonds. The largest absolute Gasteiger partial charge is 0.491 e. The summed E-state index contributed by atoms with van der Waals surface area (Å²) in [7, 11) is 0. The van der Waals surface area contributed by atoms with E-state index >= 15 is 0 Å². The summed E-state index contributed by atoms with van der Waals surface area (Å²) in [5.41, 5.74) is 6.99. The van der Waals surface area contributed by atoms with E-state index in [2.05, 4.69) is 17.2 Å². The van der Waals surface area contributed by atoms with E-state index in [1.807, 2.05) is 24.3 Å². The van der Waals surface area contributed by atoms with Crippen LogP contribution in [0.3, 0.4) is 0 Å². The van der Waals surface area contributed by atoms with Crippen LogP contribution >= 0.6 is 0 Å². The molecule has 2 aromatic rings. The van der Waals surface area contributed by atoms with Crippen molar-refractivity contribution >= 4 is 11.6 Å². The fraction of sp³-hybridized carbons (Fsp3) is 0.316. The molecule has 0 aliphatic carbocycles. The fourth-order valence-electron chi connectivity index (χ4n) is 2.20. The third-order valence-corrected chi connectivity index (χ3v) is 3.73. The summed E-state index contributed by atoms with van der Waals surface area (Å²) in [5.74, 6) is 0.376. The average Bonchev–Trinajstić information content (AvgIpc) is 2.65. The first kappa shape index (κ1) is 20.6. The van der Waals surface area contributed by atoms with Crippen LogP contribution < -0.4 is 15.8 Å². The van der Waals surface area contributed by atoms with Crippen molar-refractivity contribution < 1.29 is 23.0 Å². The van der Waals surface area contributed by atoms with E-state index in [0.29, 0.717) is 0 Å². The van der Waals surface area contributed by atoms with E-state index in [0.717, 1.165) is 24.2 Å². The topological polar surface area (TPSA) is 79.9 Å². The minimum absolute atomic E-state index is 0.00743. The van der Waals surface area contributed by atoms with Gasteiger partial charge in [-0.3, -0.25) is 4.99 Å². The summed E-state index contributed by atoms with van der Waals surface area (Å²) >= 11 is 0. The van der Waals surface area contributed by atoms with Crippen molar-refractivity contribution in [3.63, 3.8) is 0 Å². The summed E-state index contributed by atoms with van der Waals surface area (Å²) in [5, 5.41) is 12.8. The number of halogens is 3. The summed E-state index contributed by atoms with van der Waals surface area (Å²) in [6.07, 6.45) is -4.40. The minimum atomic E-state index is -4.39. The second kappa shape index (κ2) is 9.27. The van der Waals surface area contributed by atoms with Crippen molar-refractivity contribution in [1.82, 2.24) is 0 Å². The normalized spacial score (nSPS) is 13.3. The molecule has 27 heavy (non-hydrogen) atoms. The quantitative estimate of drug-likeness (QED) is 0.507. The van der Waals surface area contributed by atoms with Gasteiger partial charge in [0.2, 0.25) is 0 Å². The summed E-state index contributed by atoms with van der Waals surface area (Å²) in [6.45, 7) is 1.94. The van der Waals surface area contributed by atoms with Gasteiger partial charge in [0.15, 0.2) is 5.96 Å². The van der Waals surface area contributed by atoms with Gasteiger partial charge in [-0.05, 0) is 48.4 Å². The van der Waals surface area contributed by atoms with Gasteiger partial charge in [0, 0.05) is 5.69 Å². The van der Waals surface area contributed by atoms with Crippen LogP contribution in [0, 0.1) is 0 Å². The molecule has 0 fully saturated rings. The maximum Gasteiger partial charge on any atom is 0.416 e. The summed E-state index contributed by atoms with van der Waals surface area (Å²) < 4.78 is 42.7. The molecule has 146 valence electrons. The van der Waals surface area contributed by atoms with Gasteiger partial charge in [-0.15, -0.1) is 0 Å². The molecule has 2 aromatic carbocycles. The molecule has 0 saturated carbocycles. The van der Waals surface area contributed by atoms with Crippen LogP contribution in [-0.4, -0.2) is 30.3 Å². The Bertz CT molecular complexity index is 744. The number of anilines is 1. The lowest BCUT2D eigenvalue weighted by atomic mass is 10.1. The van der Waals surface area contributed by atoms with Gasteiger partial charge < -0.3 is 20.9 Å². The average molecular weight is 381 g/mol. The predicted molar refractivity (Wildman–Crippen MR) is 98.9 cm³/mol. The third kappa shape index (κ3) is 6.82. The van der Waals surface area contributed by atoms with E-state index in [1.54, 1.807) is 0 Å². The van der Waals surface area contributed by atoms with Crippen molar-refractivity contribution in [2.75, 3.05) is 18.5 Å². The van der Waals surface area contributed by atoms with Gasteiger partial charge in [-0.25, -0.2) is 0 Å². The number of alkyl halides is 3. The van der Waals surface area contributed by atoms with Crippen molar-refractivity contribution in [3.8, 4) is 5.75 Å². The number of aliphatic hydroxyl groups excluding tert-OH is 1. The Labute approximate surface area is 155 Å². The smallest absolute Gasteiger partial charge is 0.416 e. The number of hydrogen-bond acceptors (Lipinski definition) is 3. The van der Waals surface area contributed by atoms with Gasteiger partial charge in [-0.1, -0.05) is 19.1 Å². The molecule has 0 aliphatic rings. The van der Waals surface area contributed by atoms with Crippen molar-refractivity contribution in [3.05, 3.63) is 59.7 Å². The number of aryl methyl sites for hydroxylation is 1. The molecule has 5 nitrogen and oxygen atoms in total. The molecule has 0 bridgehead atoms. The number of benzene rings is 2. The highest BCUT2D eigenvalue weighted by Gasteiger charge is 2.30. The molecule has 0 radical (unpaired) electrons. The van der Waals surface area contributed by atoms with Crippen LogP contribution in [0.4, 0.5) is 18.9 Å². The molecule has 0 aromatic heterocycles. The molecule has 4 N–H and O–H groups in total. The van der Waals surface area contributed by atoms with E-state index in [9.17, 15) is 18.3 Å². The molecule has 1 atom stereocenters. The van der Waals surface area contributed by atoms with E-state index in [4.69, 9.17) is 10.5 Å². The van der Waals surface area contributed by atoms with Gasteiger partial charge in [0.1, 0.15) is 18.5 Å².